The van der Waals surface area contributed by atoms with Gasteiger partial charge in [0, 0.05) is 5.92 Å². The second kappa shape index (κ2) is 3.40. The Morgan fingerprint density at radius 3 is 3.20 bits per heavy atom. The standard InChI is InChI=1S/C8H13NO/c1-3-4-7(2)8-9-5-6-10-8/h3,7H,1,4-6H2,2H3. The van der Waals surface area contributed by atoms with Crippen LogP contribution in [-0.2, 0) is 4.74 Å². The average molecular weight is 139 g/mol. The molecule has 0 N–H and O–H groups in total. The highest BCUT2D eigenvalue weighted by atomic mass is 16.5. The van der Waals surface area contributed by atoms with Gasteiger partial charge in [0.05, 0.1) is 6.54 Å². The summed E-state index contributed by atoms with van der Waals surface area (Å²) in [7, 11) is 0. The molecule has 0 aromatic rings. The predicted octanol–water partition coefficient (Wildman–Crippen LogP) is 1.63. The Morgan fingerprint density at radius 2 is 2.70 bits per heavy atom. The molecule has 10 heavy (non-hydrogen) atoms. The van der Waals surface area contributed by atoms with E-state index in [9.17, 15) is 0 Å². The summed E-state index contributed by atoms with van der Waals surface area (Å²) in [6, 6.07) is 0. The van der Waals surface area contributed by atoms with E-state index in [1.165, 1.54) is 0 Å². The van der Waals surface area contributed by atoms with Gasteiger partial charge >= 0.3 is 0 Å². The maximum absolute atomic E-state index is 5.27. The summed E-state index contributed by atoms with van der Waals surface area (Å²) >= 11 is 0. The molecular formula is C8H13NO. The quantitative estimate of drug-likeness (QED) is 0.544. The van der Waals surface area contributed by atoms with E-state index < -0.39 is 0 Å². The SMILES string of the molecule is C=CCC(C)C1=NCCO1. The second-order valence-electron chi connectivity index (χ2n) is 2.49. The molecule has 0 bridgehead atoms. The number of hydrogen-bond acceptors (Lipinski definition) is 2. The van der Waals surface area contributed by atoms with E-state index in [1.54, 1.807) is 0 Å². The van der Waals surface area contributed by atoms with Gasteiger partial charge in [0.1, 0.15) is 6.61 Å². The van der Waals surface area contributed by atoms with Crippen LogP contribution in [0.15, 0.2) is 17.6 Å². The van der Waals surface area contributed by atoms with Gasteiger partial charge in [-0.3, -0.25) is 4.99 Å². The van der Waals surface area contributed by atoms with Crippen molar-refractivity contribution in [3.63, 3.8) is 0 Å². The lowest BCUT2D eigenvalue weighted by Crippen LogP contribution is -2.09. The number of rotatable bonds is 3. The second-order valence-corrected chi connectivity index (χ2v) is 2.49. The van der Waals surface area contributed by atoms with Crippen LogP contribution in [0, 0.1) is 5.92 Å². The molecule has 1 heterocycles. The maximum Gasteiger partial charge on any atom is 0.186 e. The molecule has 1 rings (SSSR count). The van der Waals surface area contributed by atoms with Crippen molar-refractivity contribution in [2.45, 2.75) is 13.3 Å². The largest absolute Gasteiger partial charge is 0.479 e. The fourth-order valence-electron chi connectivity index (χ4n) is 1.00. The van der Waals surface area contributed by atoms with Crippen LogP contribution in [0.4, 0.5) is 0 Å². The lowest BCUT2D eigenvalue weighted by Gasteiger charge is -2.06. The molecule has 0 aliphatic carbocycles. The van der Waals surface area contributed by atoms with E-state index in [0.29, 0.717) is 5.92 Å². The van der Waals surface area contributed by atoms with E-state index in [4.69, 9.17) is 4.74 Å². The van der Waals surface area contributed by atoms with Crippen molar-refractivity contribution in [3.05, 3.63) is 12.7 Å². The van der Waals surface area contributed by atoms with Crippen molar-refractivity contribution in [1.82, 2.24) is 0 Å². The van der Waals surface area contributed by atoms with Gasteiger partial charge in [-0.2, -0.15) is 0 Å². The van der Waals surface area contributed by atoms with Crippen molar-refractivity contribution in [2.75, 3.05) is 13.2 Å². The number of ether oxygens (including phenoxy) is 1. The highest BCUT2D eigenvalue weighted by Crippen LogP contribution is 2.09. The Kier molecular flexibility index (Phi) is 2.49. The van der Waals surface area contributed by atoms with Gasteiger partial charge in [-0.25, -0.2) is 0 Å². The number of hydrogen-bond donors (Lipinski definition) is 0. The molecule has 0 saturated heterocycles. The molecule has 56 valence electrons. The van der Waals surface area contributed by atoms with Crippen LogP contribution in [0.1, 0.15) is 13.3 Å². The minimum Gasteiger partial charge on any atom is -0.479 e. The molecule has 0 radical (unpaired) electrons. The summed E-state index contributed by atoms with van der Waals surface area (Å²) in [4.78, 5) is 4.20. The molecular weight excluding hydrogens is 126 g/mol. The first kappa shape index (κ1) is 7.32. The van der Waals surface area contributed by atoms with Crippen molar-refractivity contribution in [3.8, 4) is 0 Å². The molecule has 2 nitrogen and oxygen atoms in total. The smallest absolute Gasteiger partial charge is 0.186 e. The first-order chi connectivity index (χ1) is 4.84. The maximum atomic E-state index is 5.27. The summed E-state index contributed by atoms with van der Waals surface area (Å²) in [5.41, 5.74) is 0. The molecule has 0 spiro atoms. The van der Waals surface area contributed by atoms with Gasteiger partial charge in [0.25, 0.3) is 0 Å². The van der Waals surface area contributed by atoms with Gasteiger partial charge in [-0.05, 0) is 6.42 Å². The first-order valence-corrected chi connectivity index (χ1v) is 3.62. The molecule has 1 aliphatic heterocycles. The summed E-state index contributed by atoms with van der Waals surface area (Å²) in [6.45, 7) is 7.36. The third kappa shape index (κ3) is 1.59. The van der Waals surface area contributed by atoms with Crippen LogP contribution in [0.25, 0.3) is 0 Å². The molecule has 1 atom stereocenters. The zero-order chi connectivity index (χ0) is 7.40. The Hall–Kier alpha value is -0.790. The van der Waals surface area contributed by atoms with E-state index in [1.807, 2.05) is 6.08 Å². The topological polar surface area (TPSA) is 21.6 Å². The van der Waals surface area contributed by atoms with E-state index >= 15 is 0 Å². The minimum absolute atomic E-state index is 0.417. The summed E-state index contributed by atoms with van der Waals surface area (Å²) in [5, 5.41) is 0. The Balaban J connectivity index is 2.39. The van der Waals surface area contributed by atoms with Crippen LogP contribution >= 0.6 is 0 Å². The van der Waals surface area contributed by atoms with Crippen molar-refractivity contribution in [2.24, 2.45) is 10.9 Å². The highest BCUT2D eigenvalue weighted by molar-refractivity contribution is 5.79. The lowest BCUT2D eigenvalue weighted by molar-refractivity contribution is 0.325. The van der Waals surface area contributed by atoms with Gasteiger partial charge in [0.15, 0.2) is 5.90 Å². The van der Waals surface area contributed by atoms with Crippen molar-refractivity contribution in [1.29, 1.82) is 0 Å². The molecule has 0 saturated carbocycles. The zero-order valence-electron chi connectivity index (χ0n) is 6.34. The van der Waals surface area contributed by atoms with Crippen molar-refractivity contribution >= 4 is 5.90 Å². The highest BCUT2D eigenvalue weighted by Gasteiger charge is 2.13. The lowest BCUT2D eigenvalue weighted by atomic mass is 10.1. The summed E-state index contributed by atoms with van der Waals surface area (Å²) < 4.78 is 5.27. The molecule has 0 aromatic carbocycles. The first-order valence-electron chi connectivity index (χ1n) is 3.62. The van der Waals surface area contributed by atoms with E-state index in [-0.39, 0.29) is 0 Å². The third-order valence-corrected chi connectivity index (χ3v) is 1.55. The predicted molar refractivity (Wildman–Crippen MR) is 42.2 cm³/mol. The Labute approximate surface area is 61.6 Å². The van der Waals surface area contributed by atoms with Gasteiger partial charge < -0.3 is 4.74 Å². The van der Waals surface area contributed by atoms with E-state index in [2.05, 4.69) is 18.5 Å². The molecule has 1 aliphatic rings. The van der Waals surface area contributed by atoms with Gasteiger partial charge in [-0.15, -0.1) is 6.58 Å². The van der Waals surface area contributed by atoms with Crippen LogP contribution in [-0.4, -0.2) is 19.0 Å². The van der Waals surface area contributed by atoms with Crippen LogP contribution < -0.4 is 0 Å². The average Bonchev–Trinajstić information content (AvgIpc) is 2.38. The third-order valence-electron chi connectivity index (χ3n) is 1.55. The van der Waals surface area contributed by atoms with Gasteiger partial charge in [-0.1, -0.05) is 13.0 Å². The molecule has 1 unspecified atom stereocenters. The normalized spacial score (nSPS) is 19.5. The Bertz CT molecular complexity index is 151. The van der Waals surface area contributed by atoms with Crippen LogP contribution in [0.3, 0.4) is 0 Å². The zero-order valence-corrected chi connectivity index (χ0v) is 6.34. The molecule has 0 amide bonds. The fraction of sp³-hybridized carbons (Fsp3) is 0.625. The number of nitrogens with zero attached hydrogens (tertiary/aromatic N) is 1. The van der Waals surface area contributed by atoms with E-state index in [0.717, 1.165) is 25.5 Å². The van der Waals surface area contributed by atoms with Crippen molar-refractivity contribution < 1.29 is 4.74 Å². The number of allylic oxidation sites excluding steroid dienone is 1. The summed E-state index contributed by atoms with van der Waals surface area (Å²) in [6.07, 6.45) is 2.85. The van der Waals surface area contributed by atoms with Gasteiger partial charge in [0.2, 0.25) is 0 Å². The summed E-state index contributed by atoms with van der Waals surface area (Å²) in [5.74, 6) is 1.32. The molecule has 0 aromatic heterocycles. The van der Waals surface area contributed by atoms with Crippen LogP contribution in [0.5, 0.6) is 0 Å². The monoisotopic (exact) mass is 139 g/mol. The molecule has 2 heteroatoms. The fourth-order valence-corrected chi connectivity index (χ4v) is 1.00. The minimum atomic E-state index is 0.417. The number of aliphatic imine (C=N–C) groups is 1. The molecule has 0 fully saturated rings. The Morgan fingerprint density at radius 1 is 1.90 bits per heavy atom. The van der Waals surface area contributed by atoms with Crippen LogP contribution in [0.2, 0.25) is 0 Å².